The summed E-state index contributed by atoms with van der Waals surface area (Å²) in [5.74, 6) is -0.528. The number of nitrogens with zero attached hydrogens (tertiary/aromatic N) is 3. The van der Waals surface area contributed by atoms with Crippen molar-refractivity contribution >= 4 is 55.2 Å². The van der Waals surface area contributed by atoms with Crippen LogP contribution in [0.4, 0.5) is 5.13 Å². The largest absolute Gasteiger partial charge is 0.451 e. The van der Waals surface area contributed by atoms with Gasteiger partial charge in [-0.15, -0.1) is 0 Å². The van der Waals surface area contributed by atoms with Crippen molar-refractivity contribution in [2.24, 2.45) is 0 Å². The molecule has 1 amide bonds. The highest BCUT2D eigenvalue weighted by Gasteiger charge is 2.25. The Kier molecular flexibility index (Phi) is 4.97. The number of halogens is 1. The lowest BCUT2D eigenvalue weighted by molar-refractivity contribution is 0.0959. The van der Waals surface area contributed by atoms with E-state index in [2.05, 4.69) is 9.97 Å². The van der Waals surface area contributed by atoms with E-state index in [1.807, 2.05) is 18.2 Å². The maximum Gasteiger partial charge on any atom is 0.296 e. The van der Waals surface area contributed by atoms with Crippen LogP contribution in [0.2, 0.25) is 5.02 Å². The zero-order chi connectivity index (χ0) is 21.4. The Morgan fingerprint density at radius 2 is 1.97 bits per heavy atom. The van der Waals surface area contributed by atoms with E-state index in [1.165, 1.54) is 22.3 Å². The molecule has 0 fully saturated rings. The van der Waals surface area contributed by atoms with E-state index in [1.54, 1.807) is 48.8 Å². The third-order valence-electron chi connectivity index (χ3n) is 4.74. The van der Waals surface area contributed by atoms with E-state index in [9.17, 15) is 9.59 Å². The second-order valence-electron chi connectivity index (χ2n) is 6.81. The van der Waals surface area contributed by atoms with Crippen LogP contribution in [0.3, 0.4) is 0 Å². The quantitative estimate of drug-likeness (QED) is 0.373. The number of pyridine rings is 1. The van der Waals surface area contributed by atoms with E-state index < -0.39 is 5.91 Å². The molecule has 0 bridgehead atoms. The summed E-state index contributed by atoms with van der Waals surface area (Å²) in [6.07, 6.45) is 3.34. The van der Waals surface area contributed by atoms with Gasteiger partial charge in [-0.2, -0.15) is 0 Å². The molecule has 6 nitrogen and oxygen atoms in total. The molecule has 0 spiro atoms. The van der Waals surface area contributed by atoms with Crippen LogP contribution < -0.4 is 10.3 Å². The Bertz CT molecular complexity index is 1480. The molecule has 0 aliphatic rings. The Morgan fingerprint density at radius 3 is 2.77 bits per heavy atom. The summed E-state index contributed by atoms with van der Waals surface area (Å²) in [5.41, 5.74) is 1.50. The van der Waals surface area contributed by atoms with Gasteiger partial charge in [0, 0.05) is 18.5 Å². The lowest BCUT2D eigenvalue weighted by atomic mass is 10.2. The fourth-order valence-corrected chi connectivity index (χ4v) is 4.52. The average Bonchev–Trinajstić information content (AvgIpc) is 3.23. The first kappa shape index (κ1) is 19.4. The van der Waals surface area contributed by atoms with Gasteiger partial charge in [0.2, 0.25) is 0 Å². The van der Waals surface area contributed by atoms with Gasteiger partial charge in [0.05, 0.1) is 21.7 Å². The number of hydrogen-bond donors (Lipinski definition) is 0. The lowest BCUT2D eigenvalue weighted by Crippen LogP contribution is -2.31. The molecule has 0 aliphatic heterocycles. The van der Waals surface area contributed by atoms with E-state index in [0.717, 1.165) is 10.3 Å². The summed E-state index contributed by atoms with van der Waals surface area (Å²) in [5, 5.41) is 1.38. The van der Waals surface area contributed by atoms with Crippen LogP contribution in [0.25, 0.3) is 21.2 Å². The molecule has 0 radical (unpaired) electrons. The molecule has 0 N–H and O–H groups in total. The van der Waals surface area contributed by atoms with Crippen LogP contribution in [-0.4, -0.2) is 15.9 Å². The summed E-state index contributed by atoms with van der Waals surface area (Å²) >= 11 is 7.63. The van der Waals surface area contributed by atoms with Gasteiger partial charge >= 0.3 is 0 Å². The van der Waals surface area contributed by atoms with Crippen molar-refractivity contribution in [1.82, 2.24) is 9.97 Å². The number of carbonyl (C=O) groups excluding carboxylic acids is 1. The maximum absolute atomic E-state index is 13.5. The van der Waals surface area contributed by atoms with Gasteiger partial charge in [-0.3, -0.25) is 19.5 Å². The van der Waals surface area contributed by atoms with Crippen molar-refractivity contribution < 1.29 is 9.21 Å². The molecule has 5 rings (SSSR count). The SMILES string of the molecule is O=C(c1cc(=O)c2ccccc2o1)N(Cc1cccnc1)c1nc2c(Cl)cccc2s1. The van der Waals surface area contributed by atoms with Crippen LogP contribution in [0.15, 0.2) is 82.3 Å². The predicted octanol–water partition coefficient (Wildman–Crippen LogP) is 5.30. The van der Waals surface area contributed by atoms with E-state index in [-0.39, 0.29) is 17.7 Å². The number of rotatable bonds is 4. The van der Waals surface area contributed by atoms with Crippen LogP contribution in [0, 0.1) is 0 Å². The Hall–Kier alpha value is -3.55. The molecule has 5 aromatic rings. The molecule has 0 saturated carbocycles. The van der Waals surface area contributed by atoms with Gasteiger partial charge in [-0.25, -0.2) is 4.98 Å². The molecule has 31 heavy (non-hydrogen) atoms. The molecule has 0 saturated heterocycles. The number of para-hydroxylation sites is 2. The number of anilines is 1. The summed E-state index contributed by atoms with van der Waals surface area (Å²) in [7, 11) is 0. The fraction of sp³-hybridized carbons (Fsp3) is 0.0435. The van der Waals surface area contributed by atoms with Crippen LogP contribution >= 0.6 is 22.9 Å². The fourth-order valence-electron chi connectivity index (χ4n) is 3.26. The van der Waals surface area contributed by atoms with E-state index in [0.29, 0.717) is 26.6 Å². The highest BCUT2D eigenvalue weighted by atomic mass is 35.5. The zero-order valence-electron chi connectivity index (χ0n) is 16.0. The van der Waals surface area contributed by atoms with Gasteiger partial charge < -0.3 is 4.42 Å². The molecular weight excluding hydrogens is 434 g/mol. The normalized spacial score (nSPS) is 11.1. The van der Waals surface area contributed by atoms with Crippen molar-refractivity contribution in [3.05, 3.63) is 99.6 Å². The lowest BCUT2D eigenvalue weighted by Gasteiger charge is -2.19. The van der Waals surface area contributed by atoms with Gasteiger partial charge in [-0.05, 0) is 35.9 Å². The first-order valence-electron chi connectivity index (χ1n) is 9.39. The van der Waals surface area contributed by atoms with Crippen molar-refractivity contribution in [3.63, 3.8) is 0 Å². The smallest absolute Gasteiger partial charge is 0.296 e. The van der Waals surface area contributed by atoms with Crippen molar-refractivity contribution in [1.29, 1.82) is 0 Å². The first-order valence-corrected chi connectivity index (χ1v) is 10.6. The topological polar surface area (TPSA) is 76.3 Å². The number of carbonyl (C=O) groups is 1. The number of benzene rings is 2. The summed E-state index contributed by atoms with van der Waals surface area (Å²) in [4.78, 5) is 36.2. The molecule has 3 aromatic heterocycles. The number of hydrogen-bond acceptors (Lipinski definition) is 6. The first-order chi connectivity index (χ1) is 15.1. The van der Waals surface area contributed by atoms with Crippen LogP contribution in [0.1, 0.15) is 16.1 Å². The van der Waals surface area contributed by atoms with Gasteiger partial charge in [0.15, 0.2) is 16.3 Å². The molecule has 8 heteroatoms. The van der Waals surface area contributed by atoms with Crippen molar-refractivity contribution in [2.45, 2.75) is 6.54 Å². The third kappa shape index (κ3) is 3.69. The van der Waals surface area contributed by atoms with E-state index in [4.69, 9.17) is 16.0 Å². The summed E-state index contributed by atoms with van der Waals surface area (Å²) in [6, 6.07) is 17.2. The molecule has 0 unspecified atom stereocenters. The highest BCUT2D eigenvalue weighted by Crippen LogP contribution is 2.34. The minimum absolute atomic E-state index is 0.0575. The van der Waals surface area contributed by atoms with Crippen LogP contribution in [0.5, 0.6) is 0 Å². The van der Waals surface area contributed by atoms with Crippen molar-refractivity contribution in [3.8, 4) is 0 Å². The molecule has 152 valence electrons. The van der Waals surface area contributed by atoms with Crippen molar-refractivity contribution in [2.75, 3.05) is 4.90 Å². The Labute approximate surface area is 185 Å². The Balaban J connectivity index is 1.63. The van der Waals surface area contributed by atoms with Crippen LogP contribution in [-0.2, 0) is 6.54 Å². The molecule has 2 aromatic carbocycles. The van der Waals surface area contributed by atoms with Gasteiger partial charge in [0.1, 0.15) is 11.1 Å². The standard InChI is InChI=1S/C23H14ClN3O3S/c24-16-7-3-9-20-21(16)26-23(31-20)27(13-14-5-4-10-25-12-14)22(29)19-11-17(28)15-6-1-2-8-18(15)30-19/h1-12H,13H2. The van der Waals surface area contributed by atoms with Gasteiger partial charge in [-0.1, -0.05) is 47.2 Å². The number of amides is 1. The second kappa shape index (κ2) is 7.94. The number of aromatic nitrogens is 2. The maximum atomic E-state index is 13.5. The summed E-state index contributed by atoms with van der Waals surface area (Å²) < 4.78 is 6.64. The second-order valence-corrected chi connectivity index (χ2v) is 8.22. The third-order valence-corrected chi connectivity index (χ3v) is 6.09. The molecule has 0 aliphatic carbocycles. The monoisotopic (exact) mass is 447 g/mol. The molecular formula is C23H14ClN3O3S. The van der Waals surface area contributed by atoms with Gasteiger partial charge in [0.25, 0.3) is 5.91 Å². The highest BCUT2D eigenvalue weighted by molar-refractivity contribution is 7.22. The minimum Gasteiger partial charge on any atom is -0.451 e. The Morgan fingerprint density at radius 1 is 1.10 bits per heavy atom. The molecule has 3 heterocycles. The molecule has 0 atom stereocenters. The number of fused-ring (bicyclic) bond motifs is 2. The van der Waals surface area contributed by atoms with E-state index >= 15 is 0 Å². The average molecular weight is 448 g/mol. The zero-order valence-corrected chi connectivity index (χ0v) is 17.6. The summed E-state index contributed by atoms with van der Waals surface area (Å²) in [6.45, 7) is 0.209. The predicted molar refractivity (Wildman–Crippen MR) is 122 cm³/mol. The number of thiazole rings is 1. The minimum atomic E-state index is -0.470.